The third-order valence-corrected chi connectivity index (χ3v) is 5.64. The predicted molar refractivity (Wildman–Crippen MR) is 98.1 cm³/mol. The van der Waals surface area contributed by atoms with Gasteiger partial charge in [0.15, 0.2) is 21.5 Å². The van der Waals surface area contributed by atoms with Crippen LogP contribution in [0.3, 0.4) is 0 Å². The lowest BCUT2D eigenvalue weighted by Crippen LogP contribution is -1.96. The predicted octanol–water partition coefficient (Wildman–Crippen LogP) is 4.08. The van der Waals surface area contributed by atoms with E-state index in [0.717, 1.165) is 40.7 Å². The number of halogens is 2. The molecule has 0 atom stereocenters. The molecule has 0 fully saturated rings. The number of sulfone groups is 1. The molecule has 2 aromatic carbocycles. The number of aliphatic hydroxyl groups is 1. The van der Waals surface area contributed by atoms with E-state index in [9.17, 15) is 22.3 Å². The molecule has 1 aliphatic carbocycles. The van der Waals surface area contributed by atoms with E-state index in [2.05, 4.69) is 0 Å². The molecule has 2 aromatic rings. The summed E-state index contributed by atoms with van der Waals surface area (Å²) in [5.74, 6) is -1.86. The molecule has 0 aliphatic heterocycles. The van der Waals surface area contributed by atoms with Crippen LogP contribution in [0.15, 0.2) is 46.9 Å². The van der Waals surface area contributed by atoms with Gasteiger partial charge in [0.2, 0.25) is 0 Å². The van der Waals surface area contributed by atoms with Crippen LogP contribution in [-0.2, 0) is 9.84 Å². The zero-order valence-corrected chi connectivity index (χ0v) is 15.2. The summed E-state index contributed by atoms with van der Waals surface area (Å²) in [5.41, 5.74) is 4.24. The molecule has 0 aromatic heterocycles. The molecule has 26 heavy (non-hydrogen) atoms. The van der Waals surface area contributed by atoms with Gasteiger partial charge in [-0.05, 0) is 77.1 Å². The first-order valence-electron chi connectivity index (χ1n) is 8.05. The molecule has 3 nitrogen and oxygen atoms in total. The van der Waals surface area contributed by atoms with Gasteiger partial charge in [-0.25, -0.2) is 17.2 Å². The highest BCUT2D eigenvalue weighted by atomic mass is 32.2. The van der Waals surface area contributed by atoms with Crippen LogP contribution in [0.5, 0.6) is 0 Å². The minimum absolute atomic E-state index is 0.0958. The first-order chi connectivity index (χ1) is 12.2. The largest absolute Gasteiger partial charge is 0.396 e. The maximum absolute atomic E-state index is 13.8. The molecule has 6 heteroatoms. The summed E-state index contributed by atoms with van der Waals surface area (Å²) in [4.78, 5) is 0.216. The van der Waals surface area contributed by atoms with E-state index < -0.39 is 21.5 Å². The van der Waals surface area contributed by atoms with Crippen molar-refractivity contribution in [1.82, 2.24) is 0 Å². The second kappa shape index (κ2) is 6.78. The fourth-order valence-electron chi connectivity index (χ4n) is 3.18. The molecule has 3 rings (SSSR count). The molecule has 0 unspecified atom stereocenters. The highest BCUT2D eigenvalue weighted by Gasteiger charge is 2.25. The van der Waals surface area contributed by atoms with Gasteiger partial charge in [0, 0.05) is 12.9 Å². The third-order valence-electron chi connectivity index (χ3n) is 4.51. The fraction of sp³-hybridized carbons (Fsp3) is 0.200. The number of rotatable bonds is 4. The van der Waals surface area contributed by atoms with Crippen LogP contribution in [0.4, 0.5) is 8.78 Å². The average molecular weight is 376 g/mol. The van der Waals surface area contributed by atoms with Crippen molar-refractivity contribution >= 4 is 27.1 Å². The molecular formula is C20H18F2O3S. The van der Waals surface area contributed by atoms with E-state index in [4.69, 9.17) is 0 Å². The normalized spacial score (nSPS) is 15.7. The second-order valence-electron chi connectivity index (χ2n) is 6.29. The van der Waals surface area contributed by atoms with Crippen LogP contribution in [-0.4, -0.2) is 26.4 Å². The van der Waals surface area contributed by atoms with Crippen molar-refractivity contribution in [2.75, 3.05) is 12.9 Å². The Morgan fingerprint density at radius 3 is 2.15 bits per heavy atom. The van der Waals surface area contributed by atoms with Crippen molar-refractivity contribution in [3.05, 3.63) is 70.3 Å². The van der Waals surface area contributed by atoms with E-state index in [-0.39, 0.29) is 11.5 Å². The van der Waals surface area contributed by atoms with Gasteiger partial charge >= 0.3 is 0 Å². The zero-order chi connectivity index (χ0) is 19.1. The molecule has 0 radical (unpaired) electrons. The Kier molecular flexibility index (Phi) is 4.82. The third kappa shape index (κ3) is 3.34. The zero-order valence-electron chi connectivity index (χ0n) is 14.4. The molecule has 1 N–H and O–H groups in total. The highest BCUT2D eigenvalue weighted by molar-refractivity contribution is 7.90. The second-order valence-corrected chi connectivity index (χ2v) is 8.30. The first-order valence-corrected chi connectivity index (χ1v) is 9.94. The van der Waals surface area contributed by atoms with Crippen LogP contribution < -0.4 is 0 Å². The van der Waals surface area contributed by atoms with Crippen molar-refractivity contribution in [3.8, 4) is 0 Å². The van der Waals surface area contributed by atoms with Gasteiger partial charge in [-0.2, -0.15) is 0 Å². The summed E-state index contributed by atoms with van der Waals surface area (Å²) in [6.07, 6.45) is 3.29. The summed E-state index contributed by atoms with van der Waals surface area (Å²) in [6.45, 7) is 1.75. The standard InChI is InChI=1S/C20H18F2O3S/c1-12-15(7-8-23)17-10-19(21)20(22)11-18(17)16(12)9-13-3-5-14(6-4-13)26(2,24)25/h3-6,9-11,23H,7-8H2,1-2H3. The Hall–Kier alpha value is -2.31. The monoisotopic (exact) mass is 376 g/mol. The Labute approximate surface area is 151 Å². The van der Waals surface area contributed by atoms with E-state index in [1.165, 1.54) is 12.1 Å². The van der Waals surface area contributed by atoms with Gasteiger partial charge in [0.05, 0.1) is 4.90 Å². The van der Waals surface area contributed by atoms with Crippen molar-refractivity contribution in [2.24, 2.45) is 0 Å². The topological polar surface area (TPSA) is 54.4 Å². The summed E-state index contributed by atoms with van der Waals surface area (Å²) in [5, 5.41) is 9.30. The summed E-state index contributed by atoms with van der Waals surface area (Å²) in [7, 11) is -3.28. The van der Waals surface area contributed by atoms with Crippen molar-refractivity contribution in [3.63, 3.8) is 0 Å². The number of allylic oxidation sites excluding steroid dienone is 2. The molecule has 1 aliphatic rings. The quantitative estimate of drug-likeness (QED) is 0.875. The number of hydrogen-bond donors (Lipinski definition) is 1. The van der Waals surface area contributed by atoms with Crippen LogP contribution in [0, 0.1) is 11.6 Å². The Balaban J connectivity index is 2.13. The minimum Gasteiger partial charge on any atom is -0.396 e. The van der Waals surface area contributed by atoms with Gasteiger partial charge in [-0.1, -0.05) is 12.1 Å². The first kappa shape index (κ1) is 18.5. The lowest BCUT2D eigenvalue weighted by molar-refractivity contribution is 0.305. The Morgan fingerprint density at radius 1 is 1.04 bits per heavy atom. The number of benzene rings is 2. The van der Waals surface area contributed by atoms with Gasteiger partial charge in [0.1, 0.15) is 0 Å². The molecule has 0 bridgehead atoms. The van der Waals surface area contributed by atoms with Crippen LogP contribution in [0.25, 0.3) is 17.2 Å². The molecular weight excluding hydrogens is 358 g/mol. The van der Waals surface area contributed by atoms with E-state index >= 15 is 0 Å². The van der Waals surface area contributed by atoms with Crippen molar-refractivity contribution < 1.29 is 22.3 Å². The number of fused-ring (bicyclic) bond motifs is 1. The van der Waals surface area contributed by atoms with E-state index in [1.807, 2.05) is 13.0 Å². The molecule has 136 valence electrons. The number of hydrogen-bond acceptors (Lipinski definition) is 3. The minimum atomic E-state index is -3.28. The smallest absolute Gasteiger partial charge is 0.175 e. The lowest BCUT2D eigenvalue weighted by Gasteiger charge is -2.06. The van der Waals surface area contributed by atoms with Gasteiger partial charge in [-0.3, -0.25) is 0 Å². The number of aliphatic hydroxyl groups excluding tert-OH is 1. The lowest BCUT2D eigenvalue weighted by atomic mass is 10.0. The van der Waals surface area contributed by atoms with E-state index in [1.54, 1.807) is 12.1 Å². The van der Waals surface area contributed by atoms with Gasteiger partial charge in [0.25, 0.3) is 0 Å². The van der Waals surface area contributed by atoms with E-state index in [0.29, 0.717) is 17.5 Å². The van der Waals surface area contributed by atoms with Crippen LogP contribution in [0.1, 0.15) is 30.0 Å². The highest BCUT2D eigenvalue weighted by Crippen LogP contribution is 2.44. The molecule has 0 heterocycles. The molecule has 0 saturated carbocycles. The van der Waals surface area contributed by atoms with Crippen molar-refractivity contribution in [2.45, 2.75) is 18.2 Å². The molecule has 0 saturated heterocycles. The molecule has 0 amide bonds. The Bertz CT molecular complexity index is 1030. The summed E-state index contributed by atoms with van der Waals surface area (Å²) < 4.78 is 50.6. The fourth-order valence-corrected chi connectivity index (χ4v) is 3.81. The van der Waals surface area contributed by atoms with Crippen molar-refractivity contribution in [1.29, 1.82) is 0 Å². The van der Waals surface area contributed by atoms with Crippen LogP contribution >= 0.6 is 0 Å². The van der Waals surface area contributed by atoms with Gasteiger partial charge in [-0.15, -0.1) is 0 Å². The van der Waals surface area contributed by atoms with Crippen LogP contribution in [0.2, 0.25) is 0 Å². The summed E-state index contributed by atoms with van der Waals surface area (Å²) in [6, 6.07) is 8.68. The molecule has 0 spiro atoms. The maximum atomic E-state index is 13.8. The summed E-state index contributed by atoms with van der Waals surface area (Å²) >= 11 is 0. The Morgan fingerprint density at radius 2 is 1.62 bits per heavy atom. The average Bonchev–Trinajstić information content (AvgIpc) is 2.81. The van der Waals surface area contributed by atoms with Gasteiger partial charge < -0.3 is 5.11 Å². The SMILES string of the molecule is CC1=C(CCO)c2cc(F)c(F)cc2C1=Cc1ccc(S(C)(=O)=O)cc1. The maximum Gasteiger partial charge on any atom is 0.175 e.